The van der Waals surface area contributed by atoms with E-state index in [1.165, 1.54) is 0 Å². The van der Waals surface area contributed by atoms with Gasteiger partial charge in [-0.3, -0.25) is 14.4 Å². The molecular weight excluding hydrogens is 324 g/mol. The van der Waals surface area contributed by atoms with Gasteiger partial charge in [0.05, 0.1) is 12.1 Å². The second-order valence-electron chi connectivity index (χ2n) is 6.08. The highest BCUT2D eigenvalue weighted by molar-refractivity contribution is 5.98. The number of amides is 2. The van der Waals surface area contributed by atoms with E-state index in [9.17, 15) is 14.4 Å². The average Bonchev–Trinajstić information content (AvgIpc) is 2.57. The number of hydrogen-bond acceptors (Lipinski definition) is 4. The van der Waals surface area contributed by atoms with Gasteiger partial charge in [-0.2, -0.15) is 0 Å². The van der Waals surface area contributed by atoms with E-state index in [4.69, 9.17) is 9.84 Å². The standard InChI is InChI=1S/C18H24N2O5/c1-3-8-19(9-7-18(23)24)16(21)6-10-20-14-11-13(2)4-5-15(14)25-12-17(20)22/h4-5,11H,3,6-10,12H2,1-2H3,(H,23,24). The first-order chi connectivity index (χ1) is 11.9. The van der Waals surface area contributed by atoms with Crippen molar-refractivity contribution < 1.29 is 24.2 Å². The predicted octanol–water partition coefficient (Wildman–Crippen LogP) is 1.82. The fraction of sp³-hybridized carbons (Fsp3) is 0.500. The molecule has 1 heterocycles. The number of benzene rings is 1. The molecule has 0 atom stereocenters. The molecule has 1 aromatic carbocycles. The third-order valence-electron chi connectivity index (χ3n) is 4.05. The number of ether oxygens (including phenoxy) is 1. The number of carbonyl (C=O) groups excluding carboxylic acids is 2. The predicted molar refractivity (Wildman–Crippen MR) is 92.8 cm³/mol. The van der Waals surface area contributed by atoms with Crippen LogP contribution in [-0.2, 0) is 14.4 Å². The Morgan fingerprint density at radius 1 is 1.28 bits per heavy atom. The van der Waals surface area contributed by atoms with Crippen LogP contribution in [0.1, 0.15) is 31.7 Å². The summed E-state index contributed by atoms with van der Waals surface area (Å²) in [5.74, 6) is -0.620. The summed E-state index contributed by atoms with van der Waals surface area (Å²) in [6, 6.07) is 5.60. The number of hydrogen-bond donors (Lipinski definition) is 1. The molecule has 0 bridgehead atoms. The maximum absolute atomic E-state index is 12.4. The fourth-order valence-corrected chi connectivity index (χ4v) is 2.78. The van der Waals surface area contributed by atoms with Crippen molar-refractivity contribution in [1.82, 2.24) is 4.90 Å². The topological polar surface area (TPSA) is 87.2 Å². The number of fused-ring (bicyclic) bond motifs is 1. The van der Waals surface area contributed by atoms with Crippen LogP contribution >= 0.6 is 0 Å². The Labute approximate surface area is 147 Å². The van der Waals surface area contributed by atoms with Gasteiger partial charge in [-0.15, -0.1) is 0 Å². The molecule has 0 radical (unpaired) electrons. The molecular formula is C18H24N2O5. The number of rotatable bonds is 8. The number of nitrogens with zero attached hydrogens (tertiary/aromatic N) is 2. The second kappa shape index (κ2) is 8.50. The first-order valence-corrected chi connectivity index (χ1v) is 8.45. The highest BCUT2D eigenvalue weighted by Gasteiger charge is 2.26. The normalized spacial score (nSPS) is 13.2. The third-order valence-corrected chi connectivity index (χ3v) is 4.05. The summed E-state index contributed by atoms with van der Waals surface area (Å²) in [5.41, 5.74) is 1.68. The Balaban J connectivity index is 2.04. The van der Waals surface area contributed by atoms with E-state index < -0.39 is 5.97 Å². The minimum Gasteiger partial charge on any atom is -0.482 e. The molecule has 2 rings (SSSR count). The molecule has 1 aliphatic rings. The molecule has 7 nitrogen and oxygen atoms in total. The lowest BCUT2D eigenvalue weighted by Gasteiger charge is -2.30. The number of carboxylic acid groups (broad SMARTS) is 1. The molecule has 1 aromatic rings. The summed E-state index contributed by atoms with van der Waals surface area (Å²) in [4.78, 5) is 38.5. The summed E-state index contributed by atoms with van der Waals surface area (Å²) in [6.45, 7) is 4.78. The van der Waals surface area contributed by atoms with Crippen molar-refractivity contribution in [3.8, 4) is 5.75 Å². The van der Waals surface area contributed by atoms with Crippen molar-refractivity contribution in [1.29, 1.82) is 0 Å². The van der Waals surface area contributed by atoms with Gasteiger partial charge in [0.2, 0.25) is 5.91 Å². The van der Waals surface area contributed by atoms with Crippen LogP contribution < -0.4 is 9.64 Å². The smallest absolute Gasteiger partial charge is 0.305 e. The van der Waals surface area contributed by atoms with Crippen LogP contribution in [-0.4, -0.2) is 54.0 Å². The van der Waals surface area contributed by atoms with Crippen molar-refractivity contribution in [2.45, 2.75) is 33.1 Å². The maximum Gasteiger partial charge on any atom is 0.305 e. The number of carbonyl (C=O) groups is 3. The van der Waals surface area contributed by atoms with Crippen LogP contribution in [0.5, 0.6) is 5.75 Å². The first-order valence-electron chi connectivity index (χ1n) is 8.45. The van der Waals surface area contributed by atoms with Crippen LogP contribution in [0.15, 0.2) is 18.2 Å². The van der Waals surface area contributed by atoms with E-state index in [-0.39, 0.29) is 44.4 Å². The minimum absolute atomic E-state index is 0.0397. The van der Waals surface area contributed by atoms with Gasteiger partial charge in [0.15, 0.2) is 6.61 Å². The maximum atomic E-state index is 12.4. The van der Waals surface area contributed by atoms with E-state index in [0.29, 0.717) is 18.0 Å². The highest BCUT2D eigenvalue weighted by atomic mass is 16.5. The minimum atomic E-state index is -0.929. The molecule has 0 saturated heterocycles. The molecule has 25 heavy (non-hydrogen) atoms. The van der Waals surface area contributed by atoms with Crippen molar-refractivity contribution in [3.63, 3.8) is 0 Å². The van der Waals surface area contributed by atoms with Crippen molar-refractivity contribution in [2.75, 3.05) is 31.1 Å². The largest absolute Gasteiger partial charge is 0.482 e. The van der Waals surface area contributed by atoms with Crippen LogP contribution in [0, 0.1) is 6.92 Å². The van der Waals surface area contributed by atoms with Gasteiger partial charge in [-0.05, 0) is 31.0 Å². The molecule has 136 valence electrons. The second-order valence-corrected chi connectivity index (χ2v) is 6.08. The van der Waals surface area contributed by atoms with E-state index in [0.717, 1.165) is 12.0 Å². The Morgan fingerprint density at radius 2 is 2.04 bits per heavy atom. The van der Waals surface area contributed by atoms with Gasteiger partial charge in [0.25, 0.3) is 5.91 Å². The zero-order valence-corrected chi connectivity index (χ0v) is 14.7. The number of anilines is 1. The highest BCUT2D eigenvalue weighted by Crippen LogP contribution is 2.32. The zero-order valence-electron chi connectivity index (χ0n) is 14.7. The lowest BCUT2D eigenvalue weighted by atomic mass is 10.1. The molecule has 0 aromatic heterocycles. The quantitative estimate of drug-likeness (QED) is 0.774. The van der Waals surface area contributed by atoms with Gasteiger partial charge in [-0.1, -0.05) is 13.0 Å². The third kappa shape index (κ3) is 4.95. The van der Waals surface area contributed by atoms with E-state index >= 15 is 0 Å². The molecule has 2 amide bonds. The Kier molecular flexibility index (Phi) is 6.38. The Hall–Kier alpha value is -2.57. The van der Waals surface area contributed by atoms with E-state index in [1.54, 1.807) is 9.80 Å². The summed E-state index contributed by atoms with van der Waals surface area (Å²) in [6.07, 6.45) is 0.826. The molecule has 0 aliphatic carbocycles. The Bertz CT molecular complexity index is 659. The summed E-state index contributed by atoms with van der Waals surface area (Å²) in [7, 11) is 0. The first kappa shape index (κ1) is 18.8. The lowest BCUT2D eigenvalue weighted by molar-refractivity contribution is -0.138. The van der Waals surface area contributed by atoms with Gasteiger partial charge in [0, 0.05) is 26.1 Å². The lowest BCUT2D eigenvalue weighted by Crippen LogP contribution is -2.42. The SMILES string of the molecule is CCCN(CCC(=O)O)C(=O)CCN1C(=O)COc2ccc(C)cc21. The van der Waals surface area contributed by atoms with Gasteiger partial charge in [0.1, 0.15) is 5.75 Å². The van der Waals surface area contributed by atoms with Gasteiger partial charge < -0.3 is 19.6 Å². The van der Waals surface area contributed by atoms with E-state index in [2.05, 4.69) is 0 Å². The Morgan fingerprint density at radius 3 is 2.72 bits per heavy atom. The summed E-state index contributed by atoms with van der Waals surface area (Å²) >= 11 is 0. The van der Waals surface area contributed by atoms with Crippen molar-refractivity contribution >= 4 is 23.5 Å². The van der Waals surface area contributed by atoms with Crippen molar-refractivity contribution in [3.05, 3.63) is 23.8 Å². The average molecular weight is 348 g/mol. The number of aliphatic carboxylic acids is 1. The number of carboxylic acids is 1. The zero-order chi connectivity index (χ0) is 18.4. The molecule has 7 heteroatoms. The molecule has 0 unspecified atom stereocenters. The van der Waals surface area contributed by atoms with Crippen LogP contribution in [0.25, 0.3) is 0 Å². The molecule has 1 N–H and O–H groups in total. The summed E-state index contributed by atoms with van der Waals surface area (Å²) in [5, 5.41) is 8.81. The fourth-order valence-electron chi connectivity index (χ4n) is 2.78. The van der Waals surface area contributed by atoms with Gasteiger partial charge in [-0.25, -0.2) is 0 Å². The molecule has 0 spiro atoms. The van der Waals surface area contributed by atoms with Crippen LogP contribution in [0.2, 0.25) is 0 Å². The summed E-state index contributed by atoms with van der Waals surface area (Å²) < 4.78 is 5.43. The molecule has 1 aliphatic heterocycles. The van der Waals surface area contributed by atoms with E-state index in [1.807, 2.05) is 32.0 Å². The van der Waals surface area contributed by atoms with Crippen LogP contribution in [0.4, 0.5) is 5.69 Å². The molecule has 0 saturated carbocycles. The molecule has 0 fully saturated rings. The monoisotopic (exact) mass is 348 g/mol. The van der Waals surface area contributed by atoms with Gasteiger partial charge >= 0.3 is 5.97 Å². The number of aryl methyl sites for hydroxylation is 1. The van der Waals surface area contributed by atoms with Crippen molar-refractivity contribution in [2.24, 2.45) is 0 Å². The van der Waals surface area contributed by atoms with Crippen LogP contribution in [0.3, 0.4) is 0 Å².